The van der Waals surface area contributed by atoms with Gasteiger partial charge >= 0.3 is 0 Å². The molecule has 1 aliphatic rings. The van der Waals surface area contributed by atoms with Gasteiger partial charge in [-0.15, -0.1) is 11.6 Å². The van der Waals surface area contributed by atoms with E-state index in [2.05, 4.69) is 5.32 Å². The van der Waals surface area contributed by atoms with Crippen molar-refractivity contribution in [3.63, 3.8) is 0 Å². The summed E-state index contributed by atoms with van der Waals surface area (Å²) >= 11 is 12.1. The Labute approximate surface area is 130 Å². The van der Waals surface area contributed by atoms with Crippen molar-refractivity contribution in [2.75, 3.05) is 12.4 Å². The van der Waals surface area contributed by atoms with Crippen LogP contribution in [0, 0.1) is 5.41 Å². The van der Waals surface area contributed by atoms with Crippen molar-refractivity contribution in [2.45, 2.75) is 38.5 Å². The number of carbonyl (C=O) groups excluding carboxylic acids is 1. The Kier molecular flexibility index (Phi) is 5.74. The Morgan fingerprint density at radius 2 is 2.00 bits per heavy atom. The number of hydrogen-bond donors (Lipinski definition) is 1. The van der Waals surface area contributed by atoms with Crippen molar-refractivity contribution < 1.29 is 4.79 Å². The van der Waals surface area contributed by atoms with E-state index >= 15 is 0 Å². The minimum atomic E-state index is 0.0438. The topological polar surface area (TPSA) is 29.1 Å². The van der Waals surface area contributed by atoms with Crippen LogP contribution in [0.4, 0.5) is 0 Å². The fraction of sp³-hybridized carbons (Fsp3) is 0.562. The van der Waals surface area contributed by atoms with Gasteiger partial charge in [0.15, 0.2) is 0 Å². The summed E-state index contributed by atoms with van der Waals surface area (Å²) < 4.78 is 0. The maximum atomic E-state index is 12.0. The summed E-state index contributed by atoms with van der Waals surface area (Å²) in [4.78, 5) is 12.0. The summed E-state index contributed by atoms with van der Waals surface area (Å²) in [5, 5.41) is 3.71. The molecule has 0 heterocycles. The number of hydrogen-bond acceptors (Lipinski definition) is 1. The van der Waals surface area contributed by atoms with Crippen molar-refractivity contribution in [3.8, 4) is 0 Å². The Morgan fingerprint density at radius 3 is 2.65 bits per heavy atom. The number of benzene rings is 1. The first kappa shape index (κ1) is 15.7. The Bertz CT molecular complexity index is 456. The van der Waals surface area contributed by atoms with E-state index in [1.54, 1.807) is 0 Å². The Morgan fingerprint density at radius 1 is 1.25 bits per heavy atom. The second-order valence-corrected chi connectivity index (χ2v) is 6.48. The van der Waals surface area contributed by atoms with Crippen LogP contribution in [-0.4, -0.2) is 18.3 Å². The van der Waals surface area contributed by atoms with Crippen LogP contribution in [0.5, 0.6) is 0 Å². The quantitative estimate of drug-likeness (QED) is 0.811. The molecule has 1 amide bonds. The van der Waals surface area contributed by atoms with Crippen molar-refractivity contribution in [2.24, 2.45) is 5.41 Å². The van der Waals surface area contributed by atoms with E-state index in [1.165, 1.54) is 19.3 Å². The third-order valence-corrected chi connectivity index (χ3v) is 4.91. The molecule has 0 unspecified atom stereocenters. The molecule has 0 aliphatic heterocycles. The van der Waals surface area contributed by atoms with Gasteiger partial charge in [0.2, 0.25) is 5.91 Å². The predicted molar refractivity (Wildman–Crippen MR) is 84.4 cm³/mol. The van der Waals surface area contributed by atoms with Crippen LogP contribution in [0.1, 0.15) is 37.7 Å². The largest absolute Gasteiger partial charge is 0.355 e. The molecule has 0 spiro atoms. The summed E-state index contributed by atoms with van der Waals surface area (Å²) in [7, 11) is 0. The summed E-state index contributed by atoms with van der Waals surface area (Å²) in [6, 6.07) is 7.43. The van der Waals surface area contributed by atoms with Gasteiger partial charge in [-0.1, -0.05) is 43.0 Å². The summed E-state index contributed by atoms with van der Waals surface area (Å²) in [6.45, 7) is 0.690. The van der Waals surface area contributed by atoms with Gasteiger partial charge in [0.1, 0.15) is 0 Å². The highest BCUT2D eigenvalue weighted by molar-refractivity contribution is 6.30. The maximum Gasteiger partial charge on any atom is 0.224 e. The molecule has 1 saturated carbocycles. The third-order valence-electron chi connectivity index (χ3n) is 4.11. The zero-order valence-corrected chi connectivity index (χ0v) is 13.1. The van der Waals surface area contributed by atoms with Crippen molar-refractivity contribution >= 4 is 29.1 Å². The summed E-state index contributed by atoms with van der Waals surface area (Å²) in [5.41, 5.74) is 1.04. The third kappa shape index (κ3) is 4.39. The van der Waals surface area contributed by atoms with E-state index in [0.717, 1.165) is 18.4 Å². The lowest BCUT2D eigenvalue weighted by atomic mass is 9.75. The van der Waals surface area contributed by atoms with Crippen LogP contribution in [0.25, 0.3) is 0 Å². The molecule has 0 atom stereocenters. The number of alkyl halides is 1. The fourth-order valence-corrected chi connectivity index (χ4v) is 3.41. The molecule has 2 nitrogen and oxygen atoms in total. The Hall–Kier alpha value is -0.730. The van der Waals surface area contributed by atoms with Crippen molar-refractivity contribution in [3.05, 3.63) is 34.9 Å². The second-order valence-electron chi connectivity index (χ2n) is 5.78. The lowest BCUT2D eigenvalue weighted by molar-refractivity contribution is -0.121. The standard InChI is InChI=1S/C16H21Cl2NO/c17-11-16(7-2-1-3-8-16)12-19-15(20)10-13-5-4-6-14(18)9-13/h4-6,9H,1-3,7-8,10-12H2,(H,19,20). The molecular weight excluding hydrogens is 293 g/mol. The SMILES string of the molecule is O=C(Cc1cccc(Cl)c1)NCC1(CCl)CCCCC1. The zero-order valence-electron chi connectivity index (χ0n) is 11.6. The highest BCUT2D eigenvalue weighted by Crippen LogP contribution is 2.36. The molecule has 0 bridgehead atoms. The molecule has 20 heavy (non-hydrogen) atoms. The predicted octanol–water partition coefficient (Wildman–Crippen LogP) is 4.19. The highest BCUT2D eigenvalue weighted by atomic mass is 35.5. The molecule has 0 radical (unpaired) electrons. The first-order chi connectivity index (χ1) is 9.63. The number of rotatable bonds is 5. The first-order valence-corrected chi connectivity index (χ1v) is 8.12. The van der Waals surface area contributed by atoms with E-state index in [0.29, 0.717) is 23.9 Å². The molecular formula is C16H21Cl2NO. The molecule has 1 fully saturated rings. The van der Waals surface area contributed by atoms with Crippen LogP contribution < -0.4 is 5.32 Å². The monoisotopic (exact) mass is 313 g/mol. The van der Waals surface area contributed by atoms with Gasteiger partial charge in [-0.05, 0) is 30.5 Å². The number of amides is 1. The molecule has 1 N–H and O–H groups in total. The van der Waals surface area contributed by atoms with Gasteiger partial charge in [0, 0.05) is 22.9 Å². The molecule has 1 aliphatic carbocycles. The Balaban J connectivity index is 1.85. The lowest BCUT2D eigenvalue weighted by Gasteiger charge is -2.35. The first-order valence-electron chi connectivity index (χ1n) is 7.21. The highest BCUT2D eigenvalue weighted by Gasteiger charge is 2.31. The van der Waals surface area contributed by atoms with Crippen LogP contribution in [0.3, 0.4) is 0 Å². The minimum absolute atomic E-state index is 0.0438. The van der Waals surface area contributed by atoms with Gasteiger partial charge in [-0.2, -0.15) is 0 Å². The van der Waals surface area contributed by atoms with Crippen LogP contribution in [0.2, 0.25) is 5.02 Å². The zero-order chi connectivity index (χ0) is 14.4. The maximum absolute atomic E-state index is 12.0. The van der Waals surface area contributed by atoms with Crippen LogP contribution >= 0.6 is 23.2 Å². The molecule has 110 valence electrons. The summed E-state index contributed by atoms with van der Waals surface area (Å²) in [6.07, 6.45) is 6.34. The van der Waals surface area contributed by atoms with Gasteiger partial charge in [-0.25, -0.2) is 0 Å². The minimum Gasteiger partial charge on any atom is -0.355 e. The van der Waals surface area contributed by atoms with E-state index in [4.69, 9.17) is 23.2 Å². The van der Waals surface area contributed by atoms with Gasteiger partial charge < -0.3 is 5.32 Å². The number of carbonyl (C=O) groups is 1. The van der Waals surface area contributed by atoms with Gasteiger partial charge in [-0.3, -0.25) is 4.79 Å². The van der Waals surface area contributed by atoms with Gasteiger partial charge in [0.05, 0.1) is 6.42 Å². The molecule has 2 rings (SSSR count). The normalized spacial score (nSPS) is 17.7. The van der Waals surface area contributed by atoms with Crippen molar-refractivity contribution in [1.29, 1.82) is 0 Å². The van der Waals surface area contributed by atoms with E-state index in [-0.39, 0.29) is 11.3 Å². The number of halogens is 2. The van der Waals surface area contributed by atoms with E-state index < -0.39 is 0 Å². The lowest BCUT2D eigenvalue weighted by Crippen LogP contribution is -2.40. The fourth-order valence-electron chi connectivity index (χ4n) is 2.84. The second kappa shape index (κ2) is 7.33. The van der Waals surface area contributed by atoms with Gasteiger partial charge in [0.25, 0.3) is 0 Å². The molecule has 1 aromatic rings. The molecule has 0 saturated heterocycles. The molecule has 0 aromatic heterocycles. The van der Waals surface area contributed by atoms with Crippen LogP contribution in [-0.2, 0) is 11.2 Å². The molecule has 4 heteroatoms. The number of nitrogens with one attached hydrogen (secondary N) is 1. The van der Waals surface area contributed by atoms with Crippen molar-refractivity contribution in [1.82, 2.24) is 5.32 Å². The smallest absolute Gasteiger partial charge is 0.224 e. The average Bonchev–Trinajstić information content (AvgIpc) is 2.46. The van der Waals surface area contributed by atoms with E-state index in [1.807, 2.05) is 24.3 Å². The van der Waals surface area contributed by atoms with E-state index in [9.17, 15) is 4.79 Å². The molecule has 1 aromatic carbocycles. The summed E-state index contributed by atoms with van der Waals surface area (Å²) in [5.74, 6) is 0.673. The average molecular weight is 314 g/mol. The van der Waals surface area contributed by atoms with Crippen LogP contribution in [0.15, 0.2) is 24.3 Å².